The molecule has 2 aromatic rings. The fourth-order valence-corrected chi connectivity index (χ4v) is 6.63. The minimum absolute atomic E-state index is 0.138. The molecule has 2 aromatic carbocycles. The first kappa shape index (κ1) is 26.6. The monoisotopic (exact) mass is 565 g/mol. The second-order valence-electron chi connectivity index (χ2n) is 8.86. The Morgan fingerprint density at radius 2 is 1.74 bits per heavy atom. The van der Waals surface area contributed by atoms with Crippen LogP contribution in [0.25, 0.3) is 0 Å². The molecule has 0 bridgehead atoms. The zero-order valence-electron chi connectivity index (χ0n) is 18.4. The number of carboxylic acids is 1. The molecule has 3 rings (SSSR count). The topological polar surface area (TPSA) is 74.7 Å². The molecule has 0 saturated carbocycles. The number of sulfone groups is 1. The maximum Gasteiger partial charge on any atom is 0.416 e. The summed E-state index contributed by atoms with van der Waals surface area (Å²) in [5.74, 6) is -2.04. The van der Waals surface area contributed by atoms with Crippen molar-refractivity contribution in [3.05, 3.63) is 63.9 Å². The number of rotatable bonds is 6. The van der Waals surface area contributed by atoms with Crippen molar-refractivity contribution in [3.8, 4) is 0 Å². The fraction of sp³-hybridized carbons (Fsp3) is 0.435. The number of carboxylic acid groups (broad SMARTS) is 1. The number of hydrogen-bond acceptors (Lipinski definition) is 4. The SMILES string of the molecule is CC(C)(C1CCN(C(C(=O)O)c2ccc(F)c(Br)c2)CC1)S(=O)(=O)c1cccc(C(F)(F)F)c1. The van der Waals surface area contributed by atoms with Crippen molar-refractivity contribution < 1.29 is 35.9 Å². The van der Waals surface area contributed by atoms with E-state index in [1.54, 1.807) is 4.90 Å². The zero-order chi connectivity index (χ0) is 25.5. The third-order valence-electron chi connectivity index (χ3n) is 6.54. The zero-order valence-corrected chi connectivity index (χ0v) is 20.8. The molecule has 186 valence electrons. The number of piperidine rings is 1. The quantitative estimate of drug-likeness (QED) is 0.455. The van der Waals surface area contributed by atoms with E-state index in [4.69, 9.17) is 0 Å². The Kier molecular flexibility index (Phi) is 7.50. The maximum atomic E-state index is 13.6. The van der Waals surface area contributed by atoms with Gasteiger partial charge in [-0.2, -0.15) is 13.2 Å². The molecule has 11 heteroatoms. The third-order valence-corrected chi connectivity index (χ3v) is 9.74. The summed E-state index contributed by atoms with van der Waals surface area (Å²) in [7, 11) is -4.12. The average molecular weight is 566 g/mol. The van der Waals surface area contributed by atoms with E-state index in [9.17, 15) is 35.9 Å². The average Bonchev–Trinajstić information content (AvgIpc) is 2.76. The Labute approximate surface area is 203 Å². The number of hydrogen-bond donors (Lipinski definition) is 1. The number of carbonyl (C=O) groups is 1. The lowest BCUT2D eigenvalue weighted by Gasteiger charge is -2.42. The molecule has 0 aromatic heterocycles. The lowest BCUT2D eigenvalue weighted by atomic mass is 9.85. The van der Waals surface area contributed by atoms with Crippen LogP contribution in [0.1, 0.15) is 43.9 Å². The molecule has 1 unspecified atom stereocenters. The van der Waals surface area contributed by atoms with Crippen molar-refractivity contribution in [2.75, 3.05) is 13.1 Å². The molecular weight excluding hydrogens is 542 g/mol. The van der Waals surface area contributed by atoms with Gasteiger partial charge in [0.15, 0.2) is 9.84 Å². The lowest BCUT2D eigenvalue weighted by Crippen LogP contribution is -2.48. The van der Waals surface area contributed by atoms with E-state index in [0.717, 1.165) is 18.2 Å². The summed E-state index contributed by atoms with van der Waals surface area (Å²) in [5.41, 5.74) is -0.649. The highest BCUT2D eigenvalue weighted by atomic mass is 79.9. The molecule has 1 heterocycles. The second kappa shape index (κ2) is 9.58. The van der Waals surface area contributed by atoms with Gasteiger partial charge in [0.2, 0.25) is 0 Å². The van der Waals surface area contributed by atoms with Crippen molar-refractivity contribution in [2.24, 2.45) is 5.92 Å². The standard InChI is InChI=1S/C23H24BrF4NO4S/c1-22(2,34(32,33)17-5-3-4-16(13-17)23(26,27)28)15-8-10-29(11-9-15)20(21(30)31)14-6-7-19(25)18(24)12-14/h3-7,12-13,15,20H,8-11H2,1-2H3,(H,30,31). The molecule has 1 N–H and O–H groups in total. The first-order valence-electron chi connectivity index (χ1n) is 10.5. The molecular formula is C23H24BrF4NO4S. The first-order chi connectivity index (χ1) is 15.7. The van der Waals surface area contributed by atoms with E-state index in [1.165, 1.54) is 32.0 Å². The Hall–Kier alpha value is -1.98. The summed E-state index contributed by atoms with van der Waals surface area (Å²) in [6.07, 6.45) is -4.00. The molecule has 0 spiro atoms. The Morgan fingerprint density at radius 3 is 2.26 bits per heavy atom. The van der Waals surface area contributed by atoms with Crippen LogP contribution in [0.2, 0.25) is 0 Å². The van der Waals surface area contributed by atoms with E-state index in [0.29, 0.717) is 24.5 Å². The van der Waals surface area contributed by atoms with Gasteiger partial charge in [-0.1, -0.05) is 12.1 Å². The van der Waals surface area contributed by atoms with E-state index >= 15 is 0 Å². The molecule has 1 aliphatic heterocycles. The fourth-order valence-electron chi connectivity index (χ4n) is 4.41. The molecule has 1 atom stereocenters. The predicted molar refractivity (Wildman–Crippen MR) is 121 cm³/mol. The highest BCUT2D eigenvalue weighted by molar-refractivity contribution is 9.10. The first-order valence-corrected chi connectivity index (χ1v) is 12.8. The summed E-state index contributed by atoms with van der Waals surface area (Å²) >= 11 is 3.06. The smallest absolute Gasteiger partial charge is 0.416 e. The number of alkyl halides is 3. The number of halogens is 5. The molecule has 1 aliphatic rings. The second-order valence-corrected chi connectivity index (χ2v) is 12.2. The van der Waals surface area contributed by atoms with Gasteiger partial charge in [0.1, 0.15) is 11.9 Å². The molecule has 5 nitrogen and oxygen atoms in total. The van der Waals surface area contributed by atoms with Crippen LogP contribution in [-0.2, 0) is 20.8 Å². The summed E-state index contributed by atoms with van der Waals surface area (Å²) < 4.78 is 78.3. The number of aliphatic carboxylic acids is 1. The van der Waals surface area contributed by atoms with Gasteiger partial charge in [0.25, 0.3) is 0 Å². The predicted octanol–water partition coefficient (Wildman–Crippen LogP) is 5.70. The molecule has 34 heavy (non-hydrogen) atoms. The Morgan fingerprint density at radius 1 is 1.12 bits per heavy atom. The minimum Gasteiger partial charge on any atom is -0.480 e. The van der Waals surface area contributed by atoms with E-state index in [-0.39, 0.29) is 17.6 Å². The van der Waals surface area contributed by atoms with Crippen molar-refractivity contribution in [3.63, 3.8) is 0 Å². The van der Waals surface area contributed by atoms with Crippen LogP contribution in [0.5, 0.6) is 0 Å². The normalized spacial score (nSPS) is 17.5. The highest BCUT2D eigenvalue weighted by Gasteiger charge is 2.45. The van der Waals surface area contributed by atoms with E-state index < -0.39 is 55.0 Å². The molecule has 0 radical (unpaired) electrons. The number of benzene rings is 2. The van der Waals surface area contributed by atoms with Gasteiger partial charge in [-0.15, -0.1) is 0 Å². The van der Waals surface area contributed by atoms with Crippen LogP contribution in [0.3, 0.4) is 0 Å². The van der Waals surface area contributed by atoms with Crippen molar-refractivity contribution in [1.82, 2.24) is 4.90 Å². The number of nitrogens with zero attached hydrogens (tertiary/aromatic N) is 1. The number of likely N-dealkylation sites (tertiary alicyclic amines) is 1. The minimum atomic E-state index is -4.66. The largest absolute Gasteiger partial charge is 0.480 e. The Balaban J connectivity index is 1.81. The highest BCUT2D eigenvalue weighted by Crippen LogP contribution is 2.41. The lowest BCUT2D eigenvalue weighted by molar-refractivity contribution is -0.144. The van der Waals surface area contributed by atoms with Gasteiger partial charge in [-0.25, -0.2) is 12.8 Å². The van der Waals surface area contributed by atoms with Gasteiger partial charge in [-0.05, 0) is 97.5 Å². The summed E-state index contributed by atoms with van der Waals surface area (Å²) in [6.45, 7) is 3.51. The summed E-state index contributed by atoms with van der Waals surface area (Å²) in [5, 5.41) is 9.80. The van der Waals surface area contributed by atoms with Crippen LogP contribution in [0, 0.1) is 11.7 Å². The van der Waals surface area contributed by atoms with Gasteiger partial charge < -0.3 is 5.11 Å². The van der Waals surface area contributed by atoms with Crippen molar-refractivity contribution in [1.29, 1.82) is 0 Å². The molecule has 1 fully saturated rings. The van der Waals surface area contributed by atoms with Crippen molar-refractivity contribution in [2.45, 2.75) is 48.5 Å². The van der Waals surface area contributed by atoms with Crippen LogP contribution in [0.4, 0.5) is 17.6 Å². The molecule has 0 aliphatic carbocycles. The van der Waals surface area contributed by atoms with Crippen LogP contribution < -0.4 is 0 Å². The van der Waals surface area contributed by atoms with Crippen LogP contribution in [-0.4, -0.2) is 42.2 Å². The van der Waals surface area contributed by atoms with Gasteiger partial charge in [0, 0.05) is 0 Å². The van der Waals surface area contributed by atoms with E-state index in [1.807, 2.05) is 0 Å². The van der Waals surface area contributed by atoms with E-state index in [2.05, 4.69) is 15.9 Å². The van der Waals surface area contributed by atoms with Crippen LogP contribution in [0.15, 0.2) is 51.8 Å². The molecule has 0 amide bonds. The van der Waals surface area contributed by atoms with Gasteiger partial charge in [0.05, 0.1) is 19.7 Å². The summed E-state index contributed by atoms with van der Waals surface area (Å²) in [6, 6.07) is 6.65. The van der Waals surface area contributed by atoms with Crippen molar-refractivity contribution >= 4 is 31.7 Å². The Bertz CT molecular complexity index is 1180. The molecule has 1 saturated heterocycles. The van der Waals surface area contributed by atoms with Gasteiger partial charge in [-0.3, -0.25) is 9.69 Å². The van der Waals surface area contributed by atoms with Crippen LogP contribution >= 0.6 is 15.9 Å². The summed E-state index contributed by atoms with van der Waals surface area (Å²) in [4.78, 5) is 13.3. The third kappa shape index (κ3) is 5.16. The van der Waals surface area contributed by atoms with Gasteiger partial charge >= 0.3 is 12.1 Å². The maximum absolute atomic E-state index is 13.6.